The summed E-state index contributed by atoms with van der Waals surface area (Å²) >= 11 is 0. The van der Waals surface area contributed by atoms with Gasteiger partial charge >= 0.3 is 5.97 Å². The van der Waals surface area contributed by atoms with Crippen LogP contribution in [0.25, 0.3) is 0 Å². The van der Waals surface area contributed by atoms with Crippen molar-refractivity contribution < 1.29 is 9.53 Å². The Morgan fingerprint density at radius 3 is 2.81 bits per heavy atom. The number of cyclic esters (lactones) is 1. The molecule has 0 aliphatic carbocycles. The van der Waals surface area contributed by atoms with Crippen molar-refractivity contribution >= 4 is 24.1 Å². The Morgan fingerprint density at radius 2 is 2.04 bits per heavy atom. The second kappa shape index (κ2) is 7.68. The van der Waals surface area contributed by atoms with E-state index in [2.05, 4.69) is 48.3 Å². The van der Waals surface area contributed by atoms with E-state index in [1.54, 1.807) is 0 Å². The Hall–Kier alpha value is -2.04. The summed E-state index contributed by atoms with van der Waals surface area (Å²) in [5.74, 6) is -0.196. The van der Waals surface area contributed by atoms with E-state index in [0.717, 1.165) is 42.9 Å². The summed E-state index contributed by atoms with van der Waals surface area (Å²) in [6.07, 6.45) is 0.549. The highest BCUT2D eigenvalue weighted by Crippen LogP contribution is 2.36. The van der Waals surface area contributed by atoms with Gasteiger partial charge in [0.05, 0.1) is 5.56 Å². The summed E-state index contributed by atoms with van der Waals surface area (Å²) in [7, 11) is 0. The second-order valence-corrected chi connectivity index (χ2v) is 7.04. The number of rotatable bonds is 3. The Morgan fingerprint density at radius 1 is 1.23 bits per heavy atom. The summed E-state index contributed by atoms with van der Waals surface area (Å²) in [6.45, 7) is 7.21. The molecule has 0 aromatic heterocycles. The standard InChI is InChI=1S/C21H24N2O2.ClH/c1-14-5-3-4-6-16(14)11-20-18-8-7-17(12-19(18)21(24)25-20)23-10-9-22-13-15(23)2;/h3-8,12,15,20,22H,9-11,13H2,1-2H3;1H/t15-,20?;/m1./s1. The Labute approximate surface area is 160 Å². The van der Waals surface area contributed by atoms with Gasteiger partial charge in [0.1, 0.15) is 6.10 Å². The molecule has 1 saturated heterocycles. The number of esters is 1. The number of piperazine rings is 1. The van der Waals surface area contributed by atoms with Gasteiger partial charge in [-0.15, -0.1) is 12.4 Å². The van der Waals surface area contributed by atoms with Crippen LogP contribution in [0.15, 0.2) is 42.5 Å². The lowest BCUT2D eigenvalue weighted by molar-refractivity contribution is 0.0387. The van der Waals surface area contributed by atoms with E-state index in [0.29, 0.717) is 6.04 Å². The lowest BCUT2D eigenvalue weighted by atomic mass is 9.96. The zero-order chi connectivity index (χ0) is 17.4. The number of hydrogen-bond acceptors (Lipinski definition) is 4. The van der Waals surface area contributed by atoms with E-state index in [9.17, 15) is 4.79 Å². The molecule has 2 aliphatic heterocycles. The van der Waals surface area contributed by atoms with Crippen LogP contribution in [-0.4, -0.2) is 31.6 Å². The molecular weight excluding hydrogens is 348 g/mol. The first-order valence-corrected chi connectivity index (χ1v) is 9.00. The molecule has 0 radical (unpaired) electrons. The van der Waals surface area contributed by atoms with E-state index < -0.39 is 0 Å². The molecule has 2 aromatic carbocycles. The largest absolute Gasteiger partial charge is 0.454 e. The van der Waals surface area contributed by atoms with Crippen LogP contribution < -0.4 is 10.2 Å². The van der Waals surface area contributed by atoms with Gasteiger partial charge in [0.25, 0.3) is 0 Å². The van der Waals surface area contributed by atoms with Gasteiger partial charge in [0, 0.05) is 43.3 Å². The number of aryl methyl sites for hydroxylation is 1. The number of carbonyl (C=O) groups excluding carboxylic acids is 1. The van der Waals surface area contributed by atoms with Gasteiger partial charge in [-0.3, -0.25) is 0 Å². The summed E-state index contributed by atoms with van der Waals surface area (Å²) in [5, 5.41) is 3.40. The van der Waals surface area contributed by atoms with Crippen molar-refractivity contribution in [2.24, 2.45) is 0 Å². The van der Waals surface area contributed by atoms with Gasteiger partial charge in [-0.1, -0.05) is 30.3 Å². The monoisotopic (exact) mass is 372 g/mol. The van der Waals surface area contributed by atoms with E-state index in [4.69, 9.17) is 4.74 Å². The highest BCUT2D eigenvalue weighted by atomic mass is 35.5. The average molecular weight is 373 g/mol. The zero-order valence-corrected chi connectivity index (χ0v) is 16.0. The van der Waals surface area contributed by atoms with Gasteiger partial charge < -0.3 is 15.0 Å². The maximum Gasteiger partial charge on any atom is 0.339 e. The minimum absolute atomic E-state index is 0. The molecule has 26 heavy (non-hydrogen) atoms. The topological polar surface area (TPSA) is 41.6 Å². The summed E-state index contributed by atoms with van der Waals surface area (Å²) < 4.78 is 5.69. The second-order valence-electron chi connectivity index (χ2n) is 7.04. The molecule has 1 N–H and O–H groups in total. The quantitative estimate of drug-likeness (QED) is 0.835. The van der Waals surface area contributed by atoms with E-state index >= 15 is 0 Å². The Kier molecular flexibility index (Phi) is 5.54. The van der Waals surface area contributed by atoms with Crippen molar-refractivity contribution in [2.75, 3.05) is 24.5 Å². The molecular formula is C21H25ClN2O2. The number of benzene rings is 2. The molecule has 4 nitrogen and oxygen atoms in total. The summed E-state index contributed by atoms with van der Waals surface area (Å²) in [5.41, 5.74) is 5.31. The maximum absolute atomic E-state index is 12.4. The van der Waals surface area contributed by atoms with Crippen molar-refractivity contribution in [3.05, 3.63) is 64.7 Å². The molecule has 2 heterocycles. The third kappa shape index (κ3) is 3.44. The van der Waals surface area contributed by atoms with Crippen LogP contribution in [0.1, 0.15) is 40.1 Å². The number of anilines is 1. The van der Waals surface area contributed by atoms with Crippen molar-refractivity contribution in [3.8, 4) is 0 Å². The highest BCUT2D eigenvalue weighted by molar-refractivity contribution is 5.95. The minimum Gasteiger partial charge on any atom is -0.454 e. The van der Waals surface area contributed by atoms with Crippen LogP contribution in [0.5, 0.6) is 0 Å². The van der Waals surface area contributed by atoms with Crippen molar-refractivity contribution in [3.63, 3.8) is 0 Å². The number of halogens is 1. The van der Waals surface area contributed by atoms with E-state index in [1.807, 2.05) is 18.2 Å². The number of nitrogens with zero attached hydrogens (tertiary/aromatic N) is 1. The fraction of sp³-hybridized carbons (Fsp3) is 0.381. The van der Waals surface area contributed by atoms with Crippen LogP contribution in [-0.2, 0) is 11.2 Å². The lowest BCUT2D eigenvalue weighted by Gasteiger charge is -2.36. The van der Waals surface area contributed by atoms with Crippen molar-refractivity contribution in [1.82, 2.24) is 5.32 Å². The molecule has 0 spiro atoms. The molecule has 2 aromatic rings. The predicted octanol–water partition coefficient (Wildman–Crippen LogP) is 3.67. The molecule has 1 fully saturated rings. The smallest absolute Gasteiger partial charge is 0.339 e. The summed E-state index contributed by atoms with van der Waals surface area (Å²) in [6, 6.07) is 14.9. The van der Waals surface area contributed by atoms with Gasteiger partial charge in [0.15, 0.2) is 0 Å². The normalized spacial score (nSPS) is 21.8. The van der Waals surface area contributed by atoms with Crippen LogP contribution in [0.4, 0.5) is 5.69 Å². The highest BCUT2D eigenvalue weighted by Gasteiger charge is 2.32. The van der Waals surface area contributed by atoms with E-state index in [-0.39, 0.29) is 24.5 Å². The predicted molar refractivity (Wildman–Crippen MR) is 106 cm³/mol. The Balaban J connectivity index is 0.00000196. The van der Waals surface area contributed by atoms with Crippen LogP contribution >= 0.6 is 12.4 Å². The number of carbonyl (C=O) groups is 1. The fourth-order valence-electron chi connectivity index (χ4n) is 3.85. The fourth-order valence-corrected chi connectivity index (χ4v) is 3.85. The molecule has 2 atom stereocenters. The van der Waals surface area contributed by atoms with Gasteiger partial charge in [-0.05, 0) is 37.1 Å². The third-order valence-corrected chi connectivity index (χ3v) is 5.35. The number of nitrogens with one attached hydrogen (secondary N) is 1. The molecule has 0 amide bonds. The lowest BCUT2D eigenvalue weighted by Crippen LogP contribution is -2.49. The molecule has 4 rings (SSSR count). The molecule has 2 aliphatic rings. The molecule has 1 unspecified atom stereocenters. The number of hydrogen-bond donors (Lipinski definition) is 1. The van der Waals surface area contributed by atoms with Gasteiger partial charge in [-0.25, -0.2) is 4.79 Å². The first-order chi connectivity index (χ1) is 12.1. The van der Waals surface area contributed by atoms with Gasteiger partial charge in [-0.2, -0.15) is 0 Å². The molecule has 5 heteroatoms. The molecule has 138 valence electrons. The molecule has 0 saturated carbocycles. The minimum atomic E-state index is -0.196. The first kappa shape index (κ1) is 18.7. The number of ether oxygens (including phenoxy) is 1. The van der Waals surface area contributed by atoms with Gasteiger partial charge in [0.2, 0.25) is 0 Å². The average Bonchev–Trinajstić information content (AvgIpc) is 2.93. The summed E-state index contributed by atoms with van der Waals surface area (Å²) in [4.78, 5) is 14.8. The van der Waals surface area contributed by atoms with Crippen LogP contribution in [0, 0.1) is 6.92 Å². The maximum atomic E-state index is 12.4. The van der Waals surface area contributed by atoms with Crippen LogP contribution in [0.3, 0.4) is 0 Å². The Bertz CT molecular complexity index is 808. The third-order valence-electron chi connectivity index (χ3n) is 5.35. The molecule has 0 bridgehead atoms. The SMILES string of the molecule is Cc1ccccc1CC1OC(=O)c2cc(N3CCNC[C@H]3C)ccc21.Cl. The first-order valence-electron chi connectivity index (χ1n) is 9.00. The van der Waals surface area contributed by atoms with Crippen LogP contribution in [0.2, 0.25) is 0 Å². The zero-order valence-electron chi connectivity index (χ0n) is 15.2. The van der Waals surface area contributed by atoms with E-state index in [1.165, 1.54) is 11.1 Å². The van der Waals surface area contributed by atoms with Crippen molar-refractivity contribution in [2.45, 2.75) is 32.4 Å². The van der Waals surface area contributed by atoms with Crippen molar-refractivity contribution in [1.29, 1.82) is 0 Å². The number of fused-ring (bicyclic) bond motifs is 1.